The Hall–Kier alpha value is -2.02. The smallest absolute Gasteiger partial charge is 0.285 e. The normalized spacial score (nSPS) is 13.4. The molecule has 2 heterocycles. The van der Waals surface area contributed by atoms with E-state index >= 15 is 0 Å². The molecule has 0 radical (unpaired) electrons. The molecule has 0 amide bonds. The number of hydrogen-bond donors (Lipinski definition) is 0. The van der Waals surface area contributed by atoms with E-state index in [1.807, 2.05) is 0 Å². The molecule has 0 aromatic carbocycles. The van der Waals surface area contributed by atoms with Gasteiger partial charge in [0.2, 0.25) is 11.6 Å². The summed E-state index contributed by atoms with van der Waals surface area (Å²) in [5, 5.41) is 0.0870. The Labute approximate surface area is 109 Å². The van der Waals surface area contributed by atoms with Crippen LogP contribution in [-0.2, 0) is 6.18 Å². The second-order valence-corrected chi connectivity index (χ2v) is 4.20. The summed E-state index contributed by atoms with van der Waals surface area (Å²) < 4.78 is 37.5. The van der Waals surface area contributed by atoms with E-state index < -0.39 is 17.8 Å². The average molecular weight is 286 g/mol. The SMILES string of the molecule is O=C1c2nc(Cl)ccc2-c2cnc(C(F)(F)F)nc21. The highest BCUT2D eigenvalue weighted by atomic mass is 35.5. The van der Waals surface area contributed by atoms with Crippen molar-refractivity contribution in [1.82, 2.24) is 15.0 Å². The van der Waals surface area contributed by atoms with Crippen molar-refractivity contribution in [3.8, 4) is 11.1 Å². The Kier molecular flexibility index (Phi) is 2.37. The molecule has 96 valence electrons. The third kappa shape index (κ3) is 1.77. The van der Waals surface area contributed by atoms with Crippen molar-refractivity contribution in [3.63, 3.8) is 0 Å². The lowest BCUT2D eigenvalue weighted by Gasteiger charge is -2.05. The molecule has 0 aliphatic heterocycles. The highest BCUT2D eigenvalue weighted by molar-refractivity contribution is 6.30. The van der Waals surface area contributed by atoms with E-state index in [2.05, 4.69) is 15.0 Å². The van der Waals surface area contributed by atoms with Crippen LogP contribution in [0.1, 0.15) is 22.0 Å². The van der Waals surface area contributed by atoms with Gasteiger partial charge in [-0.15, -0.1) is 0 Å². The van der Waals surface area contributed by atoms with Gasteiger partial charge in [-0.25, -0.2) is 15.0 Å². The van der Waals surface area contributed by atoms with Crippen LogP contribution in [0.25, 0.3) is 11.1 Å². The van der Waals surface area contributed by atoms with Crippen molar-refractivity contribution in [2.24, 2.45) is 0 Å². The van der Waals surface area contributed by atoms with E-state index in [0.717, 1.165) is 6.20 Å². The Morgan fingerprint density at radius 1 is 1.05 bits per heavy atom. The number of fused-ring (bicyclic) bond motifs is 3. The van der Waals surface area contributed by atoms with Crippen LogP contribution in [0.3, 0.4) is 0 Å². The lowest BCUT2D eigenvalue weighted by molar-refractivity contribution is -0.145. The molecular formula is C11H3ClF3N3O. The Bertz CT molecular complexity index is 715. The van der Waals surface area contributed by atoms with E-state index in [4.69, 9.17) is 11.6 Å². The zero-order valence-corrected chi connectivity index (χ0v) is 9.75. The second-order valence-electron chi connectivity index (χ2n) is 3.81. The molecule has 2 aromatic heterocycles. The number of halogens is 4. The number of alkyl halides is 3. The van der Waals surface area contributed by atoms with Gasteiger partial charge in [0.25, 0.3) is 0 Å². The van der Waals surface area contributed by atoms with Gasteiger partial charge < -0.3 is 0 Å². The largest absolute Gasteiger partial charge is 0.451 e. The minimum Gasteiger partial charge on any atom is -0.285 e. The van der Waals surface area contributed by atoms with Gasteiger partial charge in [-0.3, -0.25) is 4.79 Å². The first-order valence-corrected chi connectivity index (χ1v) is 5.41. The summed E-state index contributed by atoms with van der Waals surface area (Å²) in [6.07, 6.45) is -3.72. The van der Waals surface area contributed by atoms with Crippen molar-refractivity contribution in [2.75, 3.05) is 0 Å². The monoisotopic (exact) mass is 285 g/mol. The minimum absolute atomic E-state index is 0.00359. The zero-order valence-electron chi connectivity index (χ0n) is 8.99. The topological polar surface area (TPSA) is 55.7 Å². The molecule has 0 unspecified atom stereocenters. The first kappa shape index (κ1) is 12.0. The number of carbonyl (C=O) groups excluding carboxylic acids is 1. The maximum Gasteiger partial charge on any atom is 0.451 e. The van der Waals surface area contributed by atoms with Gasteiger partial charge in [-0.1, -0.05) is 11.6 Å². The summed E-state index contributed by atoms with van der Waals surface area (Å²) in [7, 11) is 0. The number of ketones is 1. The molecule has 19 heavy (non-hydrogen) atoms. The lowest BCUT2D eigenvalue weighted by Crippen LogP contribution is -2.13. The maximum absolute atomic E-state index is 12.5. The quantitative estimate of drug-likeness (QED) is 0.596. The maximum atomic E-state index is 12.5. The van der Waals surface area contributed by atoms with Crippen LogP contribution >= 0.6 is 11.6 Å². The van der Waals surface area contributed by atoms with E-state index in [1.54, 1.807) is 0 Å². The molecule has 1 aliphatic rings. The first-order chi connectivity index (χ1) is 8.88. The van der Waals surface area contributed by atoms with Gasteiger partial charge in [0.15, 0.2) is 0 Å². The van der Waals surface area contributed by atoms with Gasteiger partial charge in [0.05, 0.1) is 0 Å². The van der Waals surface area contributed by atoms with Crippen LogP contribution in [0.5, 0.6) is 0 Å². The molecule has 4 nitrogen and oxygen atoms in total. The third-order valence-electron chi connectivity index (χ3n) is 2.62. The summed E-state index contributed by atoms with van der Waals surface area (Å²) in [6.45, 7) is 0. The van der Waals surface area contributed by atoms with Crippen LogP contribution in [0.2, 0.25) is 5.15 Å². The van der Waals surface area contributed by atoms with Crippen molar-refractivity contribution < 1.29 is 18.0 Å². The van der Waals surface area contributed by atoms with Crippen LogP contribution < -0.4 is 0 Å². The number of nitrogens with zero attached hydrogens (tertiary/aromatic N) is 3. The van der Waals surface area contributed by atoms with Gasteiger partial charge in [-0.2, -0.15) is 13.2 Å². The van der Waals surface area contributed by atoms with Crippen LogP contribution in [0.4, 0.5) is 13.2 Å². The highest BCUT2D eigenvalue weighted by Gasteiger charge is 2.38. The fraction of sp³-hybridized carbons (Fsp3) is 0.0909. The Morgan fingerprint density at radius 3 is 2.42 bits per heavy atom. The molecule has 0 spiro atoms. The summed E-state index contributed by atoms with van der Waals surface area (Å²) >= 11 is 5.66. The number of aromatic nitrogens is 3. The van der Waals surface area contributed by atoms with Gasteiger partial charge >= 0.3 is 6.18 Å². The summed E-state index contributed by atoms with van der Waals surface area (Å²) in [6, 6.07) is 2.95. The average Bonchev–Trinajstić information content (AvgIpc) is 2.62. The second kappa shape index (κ2) is 3.74. The molecule has 1 aliphatic carbocycles. The zero-order chi connectivity index (χ0) is 13.8. The summed E-state index contributed by atoms with van der Waals surface area (Å²) in [5.41, 5.74) is 0.318. The molecule has 3 rings (SSSR count). The fourth-order valence-corrected chi connectivity index (χ4v) is 1.97. The fourth-order valence-electron chi connectivity index (χ4n) is 1.83. The number of pyridine rings is 1. The minimum atomic E-state index is -4.70. The van der Waals surface area contributed by atoms with Crippen molar-refractivity contribution >= 4 is 17.4 Å². The molecule has 2 aromatic rings. The first-order valence-electron chi connectivity index (χ1n) is 5.04. The Morgan fingerprint density at radius 2 is 1.74 bits per heavy atom. The number of rotatable bonds is 0. The van der Waals surface area contributed by atoms with E-state index in [9.17, 15) is 18.0 Å². The molecule has 0 atom stereocenters. The highest BCUT2D eigenvalue weighted by Crippen LogP contribution is 2.36. The molecule has 0 fully saturated rings. The molecule has 0 bridgehead atoms. The van der Waals surface area contributed by atoms with Gasteiger partial charge in [0, 0.05) is 17.3 Å². The predicted octanol–water partition coefficient (Wildman–Crippen LogP) is 2.76. The van der Waals surface area contributed by atoms with Crippen LogP contribution in [0, 0.1) is 0 Å². The number of hydrogen-bond acceptors (Lipinski definition) is 4. The van der Waals surface area contributed by atoms with Gasteiger partial charge in [0.1, 0.15) is 16.5 Å². The molecule has 0 saturated carbocycles. The lowest BCUT2D eigenvalue weighted by atomic mass is 10.1. The third-order valence-corrected chi connectivity index (χ3v) is 2.83. The number of carbonyl (C=O) groups is 1. The molecule has 8 heteroatoms. The molecular weight excluding hydrogens is 283 g/mol. The summed E-state index contributed by atoms with van der Waals surface area (Å²) in [5.74, 6) is -2.03. The summed E-state index contributed by atoms with van der Waals surface area (Å²) in [4.78, 5) is 22.3. The van der Waals surface area contributed by atoms with Crippen molar-refractivity contribution in [1.29, 1.82) is 0 Å². The van der Waals surface area contributed by atoms with E-state index in [0.29, 0.717) is 5.56 Å². The molecule has 0 N–H and O–H groups in total. The van der Waals surface area contributed by atoms with Crippen molar-refractivity contribution in [2.45, 2.75) is 6.18 Å². The molecule has 0 saturated heterocycles. The predicted molar refractivity (Wildman–Crippen MR) is 58.7 cm³/mol. The van der Waals surface area contributed by atoms with E-state index in [1.165, 1.54) is 12.1 Å². The van der Waals surface area contributed by atoms with Gasteiger partial charge in [-0.05, 0) is 12.1 Å². The van der Waals surface area contributed by atoms with Crippen LogP contribution in [0.15, 0.2) is 18.3 Å². The Balaban J connectivity index is 2.22. The van der Waals surface area contributed by atoms with Crippen LogP contribution in [-0.4, -0.2) is 20.7 Å². The van der Waals surface area contributed by atoms with Crippen molar-refractivity contribution in [3.05, 3.63) is 40.7 Å². The van der Waals surface area contributed by atoms with E-state index in [-0.39, 0.29) is 22.1 Å². The standard InChI is InChI=1S/C11H3ClF3N3O/c12-6-2-1-4-5-3-16-10(11(13,14)15)18-8(5)9(19)7(4)17-6/h1-3H.